The minimum absolute atomic E-state index is 0.00439. The summed E-state index contributed by atoms with van der Waals surface area (Å²) in [4.78, 5) is 24.7. The van der Waals surface area contributed by atoms with Gasteiger partial charge in [-0.2, -0.15) is 33.4 Å². The van der Waals surface area contributed by atoms with Gasteiger partial charge in [0.05, 0.1) is 25.9 Å². The lowest BCUT2D eigenvalue weighted by molar-refractivity contribution is -0.258. The van der Waals surface area contributed by atoms with Gasteiger partial charge in [-0.15, -0.1) is 0 Å². The van der Waals surface area contributed by atoms with Gasteiger partial charge in [0.2, 0.25) is 0 Å². The van der Waals surface area contributed by atoms with Gasteiger partial charge in [0, 0.05) is 27.9 Å². The summed E-state index contributed by atoms with van der Waals surface area (Å²) < 4.78 is 87.0. The van der Waals surface area contributed by atoms with Gasteiger partial charge < -0.3 is 19.5 Å². The van der Waals surface area contributed by atoms with Crippen LogP contribution < -0.4 is 10.1 Å². The van der Waals surface area contributed by atoms with Gasteiger partial charge in [-0.3, -0.25) is 13.8 Å². The summed E-state index contributed by atoms with van der Waals surface area (Å²) >= 11 is 1.17. The summed E-state index contributed by atoms with van der Waals surface area (Å²) in [7, 11) is -4.63. The van der Waals surface area contributed by atoms with Gasteiger partial charge in [0.1, 0.15) is 11.9 Å². The summed E-state index contributed by atoms with van der Waals surface area (Å²) in [5, 5.41) is 1.95. The fraction of sp³-hybridized carbons (Fsp3) is 0.462. The number of methoxy groups -OCH3 is 1. The molecule has 40 heavy (non-hydrogen) atoms. The van der Waals surface area contributed by atoms with Crippen LogP contribution in [0.2, 0.25) is 0 Å². The van der Waals surface area contributed by atoms with Crippen LogP contribution in [0.5, 0.6) is 5.75 Å². The number of ether oxygens (including phenoxy) is 3. The van der Waals surface area contributed by atoms with E-state index in [0.29, 0.717) is 17.6 Å². The Balaban J connectivity index is 2.04. The fourth-order valence-corrected chi connectivity index (χ4v) is 5.30. The molecule has 0 saturated carbocycles. The molecular weight excluding hydrogens is 575 g/mol. The molecule has 1 heterocycles. The van der Waals surface area contributed by atoms with E-state index < -0.39 is 57.2 Å². The molecule has 220 valence electrons. The molecule has 3 rings (SSSR count). The maximum atomic E-state index is 13.5. The van der Waals surface area contributed by atoms with Crippen molar-refractivity contribution >= 4 is 34.1 Å². The number of rotatable bonds is 11. The number of carbonyl (C=O) groups is 2. The molecule has 0 spiro atoms. The topological polar surface area (TPSA) is 117 Å². The largest absolute Gasteiger partial charge is 0.523 e. The zero-order chi connectivity index (χ0) is 29.7. The molecule has 1 saturated heterocycles. The van der Waals surface area contributed by atoms with Crippen LogP contribution in [-0.2, 0) is 23.8 Å². The molecule has 0 radical (unpaired) electrons. The van der Waals surface area contributed by atoms with E-state index in [0.717, 1.165) is 0 Å². The molecule has 6 atom stereocenters. The molecule has 2 aromatic rings. The fourth-order valence-electron chi connectivity index (χ4n) is 4.16. The van der Waals surface area contributed by atoms with Crippen molar-refractivity contribution in [2.75, 3.05) is 20.0 Å². The van der Waals surface area contributed by atoms with Gasteiger partial charge in [-0.05, 0) is 24.5 Å². The lowest BCUT2D eigenvalue weighted by Crippen LogP contribution is -2.59. The highest BCUT2D eigenvalue weighted by atomic mass is 32.2. The standard InChI is InChI=1S/C26H30F3NO8S2/c1-15-14-36-25(17-9-11-19(35-3)12-10-17)37-22(15)23(38-40(33,34)26(27,28)29)21(16(2)39-4)30-24(32)20-8-6-5-7-18(20)13-31/h5-13,15-16,21-23,25H,14H2,1-4H3,(H,30,32)/t15?,16-,21?,22-,23?,25?/m1/s1. The molecule has 1 amide bonds. The van der Waals surface area contributed by atoms with Crippen LogP contribution in [-0.4, -0.2) is 69.6 Å². The highest BCUT2D eigenvalue weighted by Crippen LogP contribution is 2.37. The van der Waals surface area contributed by atoms with E-state index in [1.165, 1.54) is 37.1 Å². The first-order chi connectivity index (χ1) is 18.8. The van der Waals surface area contributed by atoms with E-state index in [-0.39, 0.29) is 17.7 Å². The Hall–Kier alpha value is -2.65. The Bertz CT molecular complexity index is 1270. The average Bonchev–Trinajstić information content (AvgIpc) is 2.94. The van der Waals surface area contributed by atoms with Gasteiger partial charge in [-0.1, -0.05) is 44.2 Å². The summed E-state index contributed by atoms with van der Waals surface area (Å²) in [6.07, 6.45) is -2.04. The Labute approximate surface area is 234 Å². The van der Waals surface area contributed by atoms with Gasteiger partial charge >= 0.3 is 15.6 Å². The van der Waals surface area contributed by atoms with Crippen molar-refractivity contribution in [2.45, 2.75) is 49.1 Å². The number of halogens is 3. The Kier molecular flexibility index (Phi) is 10.6. The monoisotopic (exact) mass is 605 g/mol. The number of amides is 1. The van der Waals surface area contributed by atoms with Crippen molar-refractivity contribution in [1.82, 2.24) is 5.32 Å². The second-order valence-electron chi connectivity index (χ2n) is 9.12. The molecule has 1 aliphatic rings. The zero-order valence-corrected chi connectivity index (χ0v) is 23.7. The maximum absolute atomic E-state index is 13.5. The van der Waals surface area contributed by atoms with Crippen LogP contribution in [0.4, 0.5) is 13.2 Å². The average molecular weight is 606 g/mol. The van der Waals surface area contributed by atoms with Crippen molar-refractivity contribution in [3.05, 3.63) is 65.2 Å². The van der Waals surface area contributed by atoms with Crippen molar-refractivity contribution in [3.63, 3.8) is 0 Å². The lowest BCUT2D eigenvalue weighted by atomic mass is 9.92. The van der Waals surface area contributed by atoms with Gasteiger partial charge in [-0.25, -0.2) is 0 Å². The lowest BCUT2D eigenvalue weighted by Gasteiger charge is -2.42. The maximum Gasteiger partial charge on any atom is 0.523 e. The summed E-state index contributed by atoms with van der Waals surface area (Å²) in [5.41, 5.74) is -5.21. The van der Waals surface area contributed by atoms with Crippen LogP contribution in [0.3, 0.4) is 0 Å². The van der Waals surface area contributed by atoms with E-state index in [2.05, 4.69) is 5.32 Å². The Morgan fingerprint density at radius 3 is 2.40 bits per heavy atom. The van der Waals surface area contributed by atoms with E-state index in [1.807, 2.05) is 0 Å². The normalized spacial score (nSPS) is 22.1. The first kappa shape index (κ1) is 31.9. The molecule has 14 heteroatoms. The Morgan fingerprint density at radius 1 is 1.18 bits per heavy atom. The SMILES string of the molecule is COc1ccc(C2OCC(C)[C@H](C(OS(=O)(=O)C(F)(F)F)C(NC(=O)c3ccccc3C=O)[C@@H](C)SC)O2)cc1. The number of carbonyl (C=O) groups excluding carboxylic acids is 2. The van der Waals surface area contributed by atoms with Crippen LogP contribution in [0.15, 0.2) is 48.5 Å². The first-order valence-corrected chi connectivity index (χ1v) is 14.8. The number of alkyl halides is 3. The molecule has 1 N–H and O–H groups in total. The van der Waals surface area contributed by atoms with Gasteiger partial charge in [0.15, 0.2) is 12.6 Å². The molecular formula is C26H30F3NO8S2. The molecule has 1 fully saturated rings. The predicted octanol–water partition coefficient (Wildman–Crippen LogP) is 4.34. The number of hydrogen-bond acceptors (Lipinski definition) is 9. The van der Waals surface area contributed by atoms with Gasteiger partial charge in [0.25, 0.3) is 5.91 Å². The third-order valence-electron chi connectivity index (χ3n) is 6.45. The van der Waals surface area contributed by atoms with Crippen LogP contribution in [0, 0.1) is 5.92 Å². The highest BCUT2D eigenvalue weighted by Gasteiger charge is 2.53. The minimum atomic E-state index is -6.11. The quantitative estimate of drug-likeness (QED) is 0.227. The number of thioether (sulfide) groups is 1. The van der Waals surface area contributed by atoms with E-state index in [9.17, 15) is 31.2 Å². The van der Waals surface area contributed by atoms with Crippen molar-refractivity contribution in [3.8, 4) is 5.75 Å². The van der Waals surface area contributed by atoms with E-state index in [4.69, 9.17) is 18.4 Å². The molecule has 1 aliphatic heterocycles. The molecule has 0 aromatic heterocycles. The molecule has 0 bridgehead atoms. The van der Waals surface area contributed by atoms with Crippen molar-refractivity contribution < 1.29 is 49.6 Å². The summed E-state index contributed by atoms with van der Waals surface area (Å²) in [6, 6.07) is 11.1. The number of aldehydes is 1. The van der Waals surface area contributed by atoms with Crippen LogP contribution in [0.25, 0.3) is 0 Å². The van der Waals surface area contributed by atoms with Crippen molar-refractivity contribution in [1.29, 1.82) is 0 Å². The molecule has 0 aliphatic carbocycles. The number of hydrogen-bond donors (Lipinski definition) is 1. The minimum Gasteiger partial charge on any atom is -0.497 e. The second kappa shape index (κ2) is 13.3. The van der Waals surface area contributed by atoms with E-state index in [1.54, 1.807) is 50.4 Å². The summed E-state index contributed by atoms with van der Waals surface area (Å²) in [6.45, 7) is 3.20. The Morgan fingerprint density at radius 2 is 1.82 bits per heavy atom. The number of nitrogens with one attached hydrogen (secondary N) is 1. The smallest absolute Gasteiger partial charge is 0.497 e. The highest BCUT2D eigenvalue weighted by molar-refractivity contribution is 7.99. The molecule has 4 unspecified atom stereocenters. The van der Waals surface area contributed by atoms with Crippen LogP contribution in [0.1, 0.15) is 46.4 Å². The van der Waals surface area contributed by atoms with Crippen LogP contribution >= 0.6 is 11.8 Å². The zero-order valence-electron chi connectivity index (χ0n) is 22.1. The predicted molar refractivity (Wildman–Crippen MR) is 142 cm³/mol. The third-order valence-corrected chi connectivity index (χ3v) is 8.53. The second-order valence-corrected chi connectivity index (χ2v) is 11.9. The molecule has 9 nitrogen and oxygen atoms in total. The first-order valence-electron chi connectivity index (χ1n) is 12.1. The molecule has 2 aromatic carbocycles. The van der Waals surface area contributed by atoms with E-state index >= 15 is 0 Å². The van der Waals surface area contributed by atoms with Crippen molar-refractivity contribution in [2.24, 2.45) is 5.92 Å². The summed E-state index contributed by atoms with van der Waals surface area (Å²) in [5.74, 6) is -0.884. The third kappa shape index (κ3) is 7.35. The number of benzene rings is 2.